The standard InChI is InChI=1S/C6H8N2O/c9-5-8-6-1-3-7-4-2-6/h1,3,5H,2,4H2,(H,8,9). The molecule has 0 radical (unpaired) electrons. The predicted molar refractivity (Wildman–Crippen MR) is 35.3 cm³/mol. The van der Waals surface area contributed by atoms with Crippen molar-refractivity contribution >= 4 is 12.6 Å². The van der Waals surface area contributed by atoms with Crippen LogP contribution >= 0.6 is 0 Å². The van der Waals surface area contributed by atoms with Gasteiger partial charge in [-0.3, -0.25) is 9.79 Å². The van der Waals surface area contributed by atoms with E-state index >= 15 is 0 Å². The third-order valence-electron chi connectivity index (χ3n) is 1.14. The minimum absolute atomic E-state index is 0.686. The Kier molecular flexibility index (Phi) is 2.01. The number of amides is 1. The van der Waals surface area contributed by atoms with Crippen molar-refractivity contribution in [3.05, 3.63) is 11.8 Å². The topological polar surface area (TPSA) is 41.5 Å². The van der Waals surface area contributed by atoms with Crippen molar-refractivity contribution in [3.63, 3.8) is 0 Å². The van der Waals surface area contributed by atoms with Gasteiger partial charge in [0.05, 0.1) is 0 Å². The lowest BCUT2D eigenvalue weighted by atomic mass is 10.2. The van der Waals surface area contributed by atoms with Crippen LogP contribution in [0.15, 0.2) is 16.8 Å². The number of allylic oxidation sites excluding steroid dienone is 1. The zero-order valence-corrected chi connectivity index (χ0v) is 5.00. The molecule has 0 fully saturated rings. The predicted octanol–water partition coefficient (Wildman–Crippen LogP) is 0.0908. The monoisotopic (exact) mass is 124 g/mol. The molecule has 9 heavy (non-hydrogen) atoms. The van der Waals surface area contributed by atoms with Gasteiger partial charge in [0, 0.05) is 24.9 Å². The first-order chi connectivity index (χ1) is 4.43. The molecule has 1 rings (SSSR count). The zero-order chi connectivity index (χ0) is 6.53. The van der Waals surface area contributed by atoms with E-state index in [0.717, 1.165) is 18.7 Å². The quantitative estimate of drug-likeness (QED) is 0.521. The Hall–Kier alpha value is -1.12. The van der Waals surface area contributed by atoms with Gasteiger partial charge in [0.2, 0.25) is 6.41 Å². The average Bonchev–Trinajstić information content (AvgIpc) is 1.91. The molecule has 0 aliphatic carbocycles. The second-order valence-electron chi connectivity index (χ2n) is 1.76. The summed E-state index contributed by atoms with van der Waals surface area (Å²) in [5.74, 6) is 0. The summed E-state index contributed by atoms with van der Waals surface area (Å²) in [5.41, 5.74) is 0.944. The maximum Gasteiger partial charge on any atom is 0.211 e. The fraction of sp³-hybridized carbons (Fsp3) is 0.333. The minimum Gasteiger partial charge on any atom is -0.332 e. The number of nitrogens with zero attached hydrogens (tertiary/aromatic N) is 1. The Balaban J connectivity index is 2.47. The third kappa shape index (κ3) is 1.68. The van der Waals surface area contributed by atoms with Gasteiger partial charge in [-0.15, -0.1) is 0 Å². The number of rotatable bonds is 2. The molecule has 0 bridgehead atoms. The Morgan fingerprint density at radius 3 is 3.22 bits per heavy atom. The van der Waals surface area contributed by atoms with Gasteiger partial charge in [-0.1, -0.05) is 0 Å². The van der Waals surface area contributed by atoms with Crippen LogP contribution in [0, 0.1) is 0 Å². The molecule has 0 saturated carbocycles. The molecule has 1 amide bonds. The van der Waals surface area contributed by atoms with E-state index in [2.05, 4.69) is 10.3 Å². The highest BCUT2D eigenvalue weighted by Crippen LogP contribution is 1.98. The highest BCUT2D eigenvalue weighted by molar-refractivity contribution is 5.74. The van der Waals surface area contributed by atoms with Crippen molar-refractivity contribution in [2.45, 2.75) is 6.42 Å². The lowest BCUT2D eigenvalue weighted by molar-refractivity contribution is -0.108. The maximum absolute atomic E-state index is 9.88. The number of nitrogens with one attached hydrogen (secondary N) is 1. The van der Waals surface area contributed by atoms with Gasteiger partial charge >= 0.3 is 0 Å². The second kappa shape index (κ2) is 3.02. The van der Waals surface area contributed by atoms with E-state index in [4.69, 9.17) is 0 Å². The van der Waals surface area contributed by atoms with Gasteiger partial charge in [0.25, 0.3) is 0 Å². The van der Waals surface area contributed by atoms with Crippen molar-refractivity contribution < 1.29 is 4.79 Å². The molecule has 0 aromatic heterocycles. The zero-order valence-electron chi connectivity index (χ0n) is 5.00. The second-order valence-corrected chi connectivity index (χ2v) is 1.76. The number of aliphatic imine (C=N–C) groups is 1. The lowest BCUT2D eigenvalue weighted by Crippen LogP contribution is -2.13. The van der Waals surface area contributed by atoms with E-state index in [1.165, 1.54) is 0 Å². The summed E-state index contributed by atoms with van der Waals surface area (Å²) in [6, 6.07) is 0. The molecule has 1 N–H and O–H groups in total. The first-order valence-electron chi connectivity index (χ1n) is 2.82. The first-order valence-corrected chi connectivity index (χ1v) is 2.82. The fourth-order valence-electron chi connectivity index (χ4n) is 0.682. The van der Waals surface area contributed by atoms with Crippen LogP contribution in [-0.2, 0) is 4.79 Å². The number of hydrogen-bond acceptors (Lipinski definition) is 2. The fourth-order valence-corrected chi connectivity index (χ4v) is 0.682. The highest BCUT2D eigenvalue weighted by Gasteiger charge is 1.95. The molecule has 1 aliphatic heterocycles. The Morgan fingerprint density at radius 2 is 2.67 bits per heavy atom. The third-order valence-corrected chi connectivity index (χ3v) is 1.14. The first kappa shape index (κ1) is 6.01. The molecule has 0 unspecified atom stereocenters. The van der Waals surface area contributed by atoms with Crippen molar-refractivity contribution in [1.29, 1.82) is 0 Å². The van der Waals surface area contributed by atoms with Crippen LogP contribution in [0.25, 0.3) is 0 Å². The van der Waals surface area contributed by atoms with Gasteiger partial charge in [0.15, 0.2) is 0 Å². The normalized spacial score (nSPS) is 16.7. The molecule has 0 atom stereocenters. The molecule has 0 spiro atoms. The lowest BCUT2D eigenvalue weighted by Gasteiger charge is -2.04. The number of carbonyl (C=O) groups is 1. The summed E-state index contributed by atoms with van der Waals surface area (Å²) in [5, 5.41) is 2.57. The van der Waals surface area contributed by atoms with Gasteiger partial charge in [0.1, 0.15) is 0 Å². The molecule has 1 heterocycles. The summed E-state index contributed by atoms with van der Waals surface area (Å²) in [6.45, 7) is 0.784. The van der Waals surface area contributed by atoms with Gasteiger partial charge in [-0.05, 0) is 6.08 Å². The van der Waals surface area contributed by atoms with Gasteiger partial charge in [-0.25, -0.2) is 0 Å². The SMILES string of the molecule is O=CNC1=CC=NCC1. The van der Waals surface area contributed by atoms with E-state index in [9.17, 15) is 4.79 Å². The van der Waals surface area contributed by atoms with E-state index in [-0.39, 0.29) is 0 Å². The van der Waals surface area contributed by atoms with E-state index < -0.39 is 0 Å². The molecular weight excluding hydrogens is 116 g/mol. The smallest absolute Gasteiger partial charge is 0.211 e. The largest absolute Gasteiger partial charge is 0.332 e. The van der Waals surface area contributed by atoms with Crippen LogP contribution in [0.3, 0.4) is 0 Å². The van der Waals surface area contributed by atoms with Crippen LogP contribution in [0.4, 0.5) is 0 Å². The Labute approximate surface area is 53.5 Å². The highest BCUT2D eigenvalue weighted by atomic mass is 16.1. The van der Waals surface area contributed by atoms with Gasteiger partial charge < -0.3 is 5.32 Å². The summed E-state index contributed by atoms with van der Waals surface area (Å²) >= 11 is 0. The summed E-state index contributed by atoms with van der Waals surface area (Å²) in [6.07, 6.45) is 5.04. The molecule has 1 aliphatic rings. The van der Waals surface area contributed by atoms with Crippen molar-refractivity contribution in [2.24, 2.45) is 4.99 Å². The van der Waals surface area contributed by atoms with Crippen LogP contribution in [0.2, 0.25) is 0 Å². The van der Waals surface area contributed by atoms with Crippen LogP contribution in [-0.4, -0.2) is 19.2 Å². The molecule has 48 valence electrons. The van der Waals surface area contributed by atoms with Crippen molar-refractivity contribution in [1.82, 2.24) is 5.32 Å². The summed E-state index contributed by atoms with van der Waals surface area (Å²) < 4.78 is 0. The number of dihydropyridines is 1. The molecule has 3 heteroatoms. The molecule has 3 nitrogen and oxygen atoms in total. The Morgan fingerprint density at radius 1 is 1.78 bits per heavy atom. The molecule has 0 aromatic carbocycles. The maximum atomic E-state index is 9.88. The van der Waals surface area contributed by atoms with Crippen LogP contribution in [0.1, 0.15) is 6.42 Å². The summed E-state index contributed by atoms with van der Waals surface area (Å²) in [4.78, 5) is 13.8. The minimum atomic E-state index is 0.686. The number of hydrogen-bond donors (Lipinski definition) is 1. The molecular formula is C6H8N2O. The van der Waals surface area contributed by atoms with Crippen molar-refractivity contribution in [3.8, 4) is 0 Å². The molecule has 0 aromatic rings. The average molecular weight is 124 g/mol. The van der Waals surface area contributed by atoms with E-state index in [1.807, 2.05) is 0 Å². The van der Waals surface area contributed by atoms with E-state index in [0.29, 0.717) is 6.41 Å². The van der Waals surface area contributed by atoms with Crippen LogP contribution in [0.5, 0.6) is 0 Å². The van der Waals surface area contributed by atoms with Crippen molar-refractivity contribution in [2.75, 3.05) is 6.54 Å². The van der Waals surface area contributed by atoms with Crippen LogP contribution < -0.4 is 5.32 Å². The Bertz CT molecular complexity index is 160. The molecule has 0 saturated heterocycles. The number of carbonyl (C=O) groups excluding carboxylic acids is 1. The van der Waals surface area contributed by atoms with E-state index in [1.54, 1.807) is 12.3 Å². The summed E-state index contributed by atoms with van der Waals surface area (Å²) in [7, 11) is 0. The van der Waals surface area contributed by atoms with Gasteiger partial charge in [-0.2, -0.15) is 0 Å².